The fraction of sp³-hybridized carbons (Fsp3) is 0.308. The molecule has 0 spiro atoms. The molecule has 80 valence electrons. The van der Waals surface area contributed by atoms with Gasteiger partial charge in [-0.05, 0) is 10.8 Å². The van der Waals surface area contributed by atoms with Gasteiger partial charge in [0.1, 0.15) is 6.10 Å². The van der Waals surface area contributed by atoms with Crippen molar-refractivity contribution in [2.75, 3.05) is 0 Å². The minimum absolute atomic E-state index is 0.546. The molecular formula is C13H18OSi. The molecule has 0 saturated heterocycles. The van der Waals surface area contributed by atoms with Crippen LogP contribution in [0.5, 0.6) is 0 Å². The van der Waals surface area contributed by atoms with Crippen molar-refractivity contribution in [1.29, 1.82) is 0 Å². The molecule has 1 N–H and O–H groups in total. The molecule has 0 aromatic heterocycles. The Labute approximate surface area is 92.8 Å². The molecule has 1 aromatic rings. The first kappa shape index (κ1) is 12.0. The molecule has 0 saturated carbocycles. The van der Waals surface area contributed by atoms with Crippen LogP contribution in [-0.4, -0.2) is 13.2 Å². The fourth-order valence-corrected chi connectivity index (χ4v) is 3.09. The highest BCUT2D eigenvalue weighted by Gasteiger charge is 2.26. The molecule has 0 aliphatic carbocycles. The molecule has 15 heavy (non-hydrogen) atoms. The summed E-state index contributed by atoms with van der Waals surface area (Å²) in [7, 11) is -1.54. The van der Waals surface area contributed by atoms with E-state index < -0.39 is 14.2 Å². The summed E-state index contributed by atoms with van der Waals surface area (Å²) in [6.07, 6.45) is -0.546. The topological polar surface area (TPSA) is 20.2 Å². The standard InChI is InChI=1S/C13H18OSi/c1-5-12(15(2,3)4)13(14)11-9-7-6-8-10-11/h6-10,13-14H,1H2,2-4H3/t13-/m0/s1. The van der Waals surface area contributed by atoms with Gasteiger partial charge in [0.25, 0.3) is 0 Å². The Bertz CT molecular complexity index is 369. The smallest absolute Gasteiger partial charge is 0.104 e. The lowest BCUT2D eigenvalue weighted by Gasteiger charge is -2.23. The van der Waals surface area contributed by atoms with Crippen molar-refractivity contribution in [3.8, 4) is 0 Å². The van der Waals surface area contributed by atoms with Crippen LogP contribution in [0.1, 0.15) is 11.7 Å². The minimum Gasteiger partial charge on any atom is -0.384 e. The molecule has 2 heteroatoms. The van der Waals surface area contributed by atoms with Crippen LogP contribution in [0.3, 0.4) is 0 Å². The first-order chi connectivity index (χ1) is 6.96. The molecule has 0 heterocycles. The summed E-state index contributed by atoms with van der Waals surface area (Å²) in [4.78, 5) is 0. The summed E-state index contributed by atoms with van der Waals surface area (Å²) in [6, 6.07) is 9.68. The summed E-state index contributed by atoms with van der Waals surface area (Å²) < 4.78 is 0. The molecule has 0 aliphatic rings. The number of aliphatic hydroxyl groups excluding tert-OH is 1. The highest BCUT2D eigenvalue weighted by atomic mass is 28.3. The van der Waals surface area contributed by atoms with E-state index >= 15 is 0 Å². The van der Waals surface area contributed by atoms with E-state index in [1.165, 1.54) is 0 Å². The summed E-state index contributed by atoms with van der Waals surface area (Å²) >= 11 is 0. The summed E-state index contributed by atoms with van der Waals surface area (Å²) in [5.41, 5.74) is 3.84. The Morgan fingerprint density at radius 3 is 2.20 bits per heavy atom. The van der Waals surface area contributed by atoms with Gasteiger partial charge in [-0.3, -0.25) is 0 Å². The number of aliphatic hydroxyl groups is 1. The number of rotatable bonds is 3. The molecule has 0 radical (unpaired) electrons. The Balaban J connectivity index is 3.05. The van der Waals surface area contributed by atoms with Crippen LogP contribution < -0.4 is 0 Å². The van der Waals surface area contributed by atoms with E-state index in [0.717, 1.165) is 10.8 Å². The van der Waals surface area contributed by atoms with Gasteiger partial charge in [0.2, 0.25) is 0 Å². The molecule has 1 aromatic carbocycles. The quantitative estimate of drug-likeness (QED) is 0.609. The normalized spacial score (nSPS) is 13.1. The van der Waals surface area contributed by atoms with Gasteiger partial charge in [0.15, 0.2) is 0 Å². The number of hydrogen-bond donors (Lipinski definition) is 1. The third kappa shape index (κ3) is 2.93. The Hall–Kier alpha value is -1.08. The second-order valence-electron chi connectivity index (χ2n) is 4.65. The first-order valence-electron chi connectivity index (χ1n) is 5.10. The van der Waals surface area contributed by atoms with Gasteiger partial charge >= 0.3 is 0 Å². The zero-order valence-electron chi connectivity index (χ0n) is 9.62. The lowest BCUT2D eigenvalue weighted by molar-refractivity contribution is 0.222. The van der Waals surface area contributed by atoms with Crippen LogP contribution in [0.2, 0.25) is 19.6 Å². The Morgan fingerprint density at radius 1 is 1.27 bits per heavy atom. The van der Waals surface area contributed by atoms with E-state index in [4.69, 9.17) is 0 Å². The predicted octanol–water partition coefficient (Wildman–Crippen LogP) is 3.31. The maximum absolute atomic E-state index is 10.2. The molecule has 0 bridgehead atoms. The average molecular weight is 218 g/mol. The van der Waals surface area contributed by atoms with Crippen molar-refractivity contribution in [3.63, 3.8) is 0 Å². The van der Waals surface area contributed by atoms with Crippen LogP contribution in [0, 0.1) is 0 Å². The molecule has 0 aliphatic heterocycles. The SMILES string of the molecule is C=C=C([C@@H](O)c1ccccc1)[Si](C)(C)C. The van der Waals surface area contributed by atoms with Crippen molar-refractivity contribution in [2.45, 2.75) is 25.7 Å². The molecule has 1 nitrogen and oxygen atoms in total. The largest absolute Gasteiger partial charge is 0.384 e. The fourth-order valence-electron chi connectivity index (χ4n) is 1.57. The van der Waals surface area contributed by atoms with Gasteiger partial charge < -0.3 is 5.11 Å². The van der Waals surface area contributed by atoms with E-state index in [1.54, 1.807) is 0 Å². The third-order valence-corrected chi connectivity index (χ3v) is 4.45. The molecule has 0 fully saturated rings. The molecule has 0 unspecified atom stereocenters. The van der Waals surface area contributed by atoms with Crippen molar-refractivity contribution in [2.24, 2.45) is 0 Å². The van der Waals surface area contributed by atoms with Crippen molar-refractivity contribution in [3.05, 3.63) is 53.4 Å². The van der Waals surface area contributed by atoms with Gasteiger partial charge in [-0.15, -0.1) is 5.73 Å². The molecular weight excluding hydrogens is 200 g/mol. The zero-order chi connectivity index (χ0) is 11.5. The monoisotopic (exact) mass is 218 g/mol. The summed E-state index contributed by atoms with van der Waals surface area (Å²) in [6.45, 7) is 10.2. The van der Waals surface area contributed by atoms with E-state index in [9.17, 15) is 5.11 Å². The first-order valence-corrected chi connectivity index (χ1v) is 8.60. The maximum Gasteiger partial charge on any atom is 0.104 e. The van der Waals surface area contributed by atoms with Gasteiger partial charge in [0.05, 0.1) is 8.07 Å². The number of hydrogen-bond acceptors (Lipinski definition) is 1. The van der Waals surface area contributed by atoms with Crippen LogP contribution in [-0.2, 0) is 0 Å². The lowest BCUT2D eigenvalue weighted by Crippen LogP contribution is -2.27. The van der Waals surface area contributed by atoms with Crippen LogP contribution in [0.4, 0.5) is 0 Å². The van der Waals surface area contributed by atoms with Gasteiger partial charge in [0, 0.05) is 0 Å². The molecule has 1 rings (SSSR count). The van der Waals surface area contributed by atoms with Crippen molar-refractivity contribution in [1.82, 2.24) is 0 Å². The predicted molar refractivity (Wildman–Crippen MR) is 67.4 cm³/mol. The zero-order valence-corrected chi connectivity index (χ0v) is 10.6. The second kappa shape index (κ2) is 4.62. The van der Waals surface area contributed by atoms with Gasteiger partial charge in [-0.25, -0.2) is 0 Å². The highest BCUT2D eigenvalue weighted by Crippen LogP contribution is 2.27. The average Bonchev–Trinajstić information content (AvgIpc) is 2.18. The van der Waals surface area contributed by atoms with Gasteiger partial charge in [-0.1, -0.05) is 56.6 Å². The Morgan fingerprint density at radius 2 is 1.80 bits per heavy atom. The van der Waals surface area contributed by atoms with Crippen LogP contribution >= 0.6 is 0 Å². The van der Waals surface area contributed by atoms with E-state index in [1.807, 2.05) is 30.3 Å². The lowest BCUT2D eigenvalue weighted by atomic mass is 10.1. The van der Waals surface area contributed by atoms with E-state index in [0.29, 0.717) is 0 Å². The summed E-state index contributed by atoms with van der Waals surface area (Å²) in [5, 5.41) is 11.2. The second-order valence-corrected chi connectivity index (χ2v) is 9.69. The van der Waals surface area contributed by atoms with E-state index in [2.05, 4.69) is 32.0 Å². The molecule has 1 atom stereocenters. The van der Waals surface area contributed by atoms with Gasteiger partial charge in [-0.2, -0.15) is 0 Å². The van der Waals surface area contributed by atoms with Crippen LogP contribution in [0.25, 0.3) is 0 Å². The van der Waals surface area contributed by atoms with E-state index in [-0.39, 0.29) is 0 Å². The highest BCUT2D eigenvalue weighted by molar-refractivity contribution is 6.83. The summed E-state index contributed by atoms with van der Waals surface area (Å²) in [5.74, 6) is 0. The Kier molecular flexibility index (Phi) is 3.70. The molecule has 0 amide bonds. The minimum atomic E-state index is -1.54. The van der Waals surface area contributed by atoms with Crippen molar-refractivity contribution < 1.29 is 5.11 Å². The van der Waals surface area contributed by atoms with Crippen molar-refractivity contribution >= 4 is 8.07 Å². The number of benzene rings is 1. The third-order valence-electron chi connectivity index (χ3n) is 2.39. The van der Waals surface area contributed by atoms with Crippen LogP contribution in [0.15, 0.2) is 47.8 Å². The maximum atomic E-state index is 10.2.